The van der Waals surface area contributed by atoms with Gasteiger partial charge in [0.2, 0.25) is 0 Å². The van der Waals surface area contributed by atoms with E-state index in [-0.39, 0.29) is 6.61 Å². The number of unbranched alkanes of at least 4 members (excludes halogenated alkanes) is 10. The maximum atomic E-state index is 9.51. The average molecular weight is 285 g/mol. The first-order chi connectivity index (χ1) is 9.72. The minimum absolute atomic E-state index is 0.177. The van der Waals surface area contributed by atoms with E-state index >= 15 is 0 Å². The Morgan fingerprint density at radius 2 is 1.40 bits per heavy atom. The first-order valence-corrected chi connectivity index (χ1v) is 8.43. The van der Waals surface area contributed by atoms with Crippen LogP contribution in [0.25, 0.3) is 0 Å². The molecule has 0 fully saturated rings. The highest BCUT2D eigenvalue weighted by molar-refractivity contribution is 4.93. The number of rotatable bonds is 14. The molecule has 0 aliphatic rings. The second-order valence-electron chi connectivity index (χ2n) is 5.74. The van der Waals surface area contributed by atoms with Crippen LogP contribution in [0.1, 0.15) is 77.6 Å². The van der Waals surface area contributed by atoms with Crippen LogP contribution in [0.15, 0.2) is 12.2 Å². The van der Waals surface area contributed by atoms with Crippen molar-refractivity contribution in [3.05, 3.63) is 12.2 Å². The molecule has 0 aromatic rings. The molecular formula is C17H35NO2. The summed E-state index contributed by atoms with van der Waals surface area (Å²) >= 11 is 0. The Morgan fingerprint density at radius 1 is 0.900 bits per heavy atom. The van der Waals surface area contributed by atoms with Gasteiger partial charge in [0.05, 0.1) is 18.8 Å². The first-order valence-electron chi connectivity index (χ1n) is 8.43. The largest absolute Gasteiger partial charge is 0.395 e. The Morgan fingerprint density at radius 3 is 1.90 bits per heavy atom. The fourth-order valence-corrected chi connectivity index (χ4v) is 2.24. The SMILES string of the molecule is CCCCCCCCCCCC/C=C/C(O)[C@@H](N)CO. The summed E-state index contributed by atoms with van der Waals surface area (Å²) in [4.78, 5) is 0. The zero-order valence-corrected chi connectivity index (χ0v) is 13.3. The number of aliphatic hydroxyl groups excluding tert-OH is 2. The van der Waals surface area contributed by atoms with E-state index in [1.807, 2.05) is 6.08 Å². The quantitative estimate of drug-likeness (QED) is 0.338. The number of hydrogen-bond donors (Lipinski definition) is 3. The molecule has 0 aromatic carbocycles. The Kier molecular flexibility index (Phi) is 14.7. The molecule has 0 rings (SSSR count). The maximum Gasteiger partial charge on any atom is 0.0894 e. The summed E-state index contributed by atoms with van der Waals surface area (Å²) in [6, 6.07) is -0.557. The van der Waals surface area contributed by atoms with E-state index in [1.54, 1.807) is 6.08 Å². The van der Waals surface area contributed by atoms with Crippen molar-refractivity contribution < 1.29 is 10.2 Å². The van der Waals surface area contributed by atoms with E-state index in [1.165, 1.54) is 64.2 Å². The van der Waals surface area contributed by atoms with Gasteiger partial charge in [0, 0.05) is 0 Å². The van der Waals surface area contributed by atoms with Gasteiger partial charge in [-0.25, -0.2) is 0 Å². The van der Waals surface area contributed by atoms with Gasteiger partial charge in [-0.1, -0.05) is 76.9 Å². The molecule has 0 bridgehead atoms. The van der Waals surface area contributed by atoms with Crippen LogP contribution in [0.5, 0.6) is 0 Å². The van der Waals surface area contributed by atoms with Crippen LogP contribution >= 0.6 is 0 Å². The van der Waals surface area contributed by atoms with Gasteiger partial charge >= 0.3 is 0 Å². The molecule has 0 heterocycles. The van der Waals surface area contributed by atoms with Crippen molar-refractivity contribution in [3.63, 3.8) is 0 Å². The molecule has 0 aromatic heterocycles. The second-order valence-corrected chi connectivity index (χ2v) is 5.74. The summed E-state index contributed by atoms with van der Waals surface area (Å²) in [5.74, 6) is 0. The summed E-state index contributed by atoms with van der Waals surface area (Å²) in [6.45, 7) is 2.08. The molecule has 0 radical (unpaired) electrons. The number of hydrogen-bond acceptors (Lipinski definition) is 3. The molecule has 2 atom stereocenters. The summed E-state index contributed by atoms with van der Waals surface area (Å²) in [7, 11) is 0. The highest BCUT2D eigenvalue weighted by Gasteiger charge is 2.08. The molecule has 20 heavy (non-hydrogen) atoms. The normalized spacial score (nSPS) is 14.8. The van der Waals surface area contributed by atoms with Crippen molar-refractivity contribution in [2.24, 2.45) is 5.73 Å². The Labute approximate surface area is 125 Å². The van der Waals surface area contributed by atoms with E-state index in [0.29, 0.717) is 0 Å². The molecule has 0 aliphatic carbocycles. The average Bonchev–Trinajstić information content (AvgIpc) is 2.47. The van der Waals surface area contributed by atoms with E-state index in [2.05, 4.69) is 6.92 Å². The van der Waals surface area contributed by atoms with E-state index in [4.69, 9.17) is 10.8 Å². The standard InChI is InChI=1S/C17H35NO2/c1-2-3-4-5-6-7-8-9-10-11-12-13-14-17(20)16(18)15-19/h13-14,16-17,19-20H,2-12,15,18H2,1H3/b14-13+/t16-,17?/m0/s1. The molecule has 0 aliphatic heterocycles. The van der Waals surface area contributed by atoms with Crippen molar-refractivity contribution in [1.29, 1.82) is 0 Å². The van der Waals surface area contributed by atoms with Crippen molar-refractivity contribution in [3.8, 4) is 0 Å². The van der Waals surface area contributed by atoms with E-state index in [9.17, 15) is 5.11 Å². The third-order valence-corrected chi connectivity index (χ3v) is 3.71. The molecule has 0 spiro atoms. The number of nitrogens with two attached hydrogens (primary N) is 1. The van der Waals surface area contributed by atoms with Crippen LogP contribution in [0, 0.1) is 0 Å². The molecule has 0 saturated carbocycles. The van der Waals surface area contributed by atoms with Gasteiger partial charge in [0.25, 0.3) is 0 Å². The van der Waals surface area contributed by atoms with Crippen LogP contribution in [-0.2, 0) is 0 Å². The van der Waals surface area contributed by atoms with Crippen LogP contribution in [0.3, 0.4) is 0 Å². The molecule has 1 unspecified atom stereocenters. The van der Waals surface area contributed by atoms with Crippen molar-refractivity contribution in [1.82, 2.24) is 0 Å². The fraction of sp³-hybridized carbons (Fsp3) is 0.882. The second kappa shape index (κ2) is 15.0. The van der Waals surface area contributed by atoms with Crippen LogP contribution in [0.2, 0.25) is 0 Å². The van der Waals surface area contributed by atoms with Gasteiger partial charge in [0.15, 0.2) is 0 Å². The first kappa shape index (κ1) is 19.6. The van der Waals surface area contributed by atoms with E-state index in [0.717, 1.165) is 6.42 Å². The van der Waals surface area contributed by atoms with Gasteiger partial charge in [-0.2, -0.15) is 0 Å². The van der Waals surface area contributed by atoms with Crippen molar-refractivity contribution >= 4 is 0 Å². The Bertz CT molecular complexity index is 219. The smallest absolute Gasteiger partial charge is 0.0894 e. The lowest BCUT2D eigenvalue weighted by Gasteiger charge is -2.11. The molecule has 3 nitrogen and oxygen atoms in total. The molecular weight excluding hydrogens is 250 g/mol. The van der Waals surface area contributed by atoms with E-state index < -0.39 is 12.1 Å². The Hall–Kier alpha value is -0.380. The number of allylic oxidation sites excluding steroid dienone is 1. The number of aliphatic hydroxyl groups is 2. The summed E-state index contributed by atoms with van der Waals surface area (Å²) < 4.78 is 0. The molecule has 0 saturated heterocycles. The zero-order chi connectivity index (χ0) is 15.1. The zero-order valence-electron chi connectivity index (χ0n) is 13.3. The van der Waals surface area contributed by atoms with Crippen molar-refractivity contribution in [2.75, 3.05) is 6.61 Å². The lowest BCUT2D eigenvalue weighted by atomic mass is 10.1. The topological polar surface area (TPSA) is 66.5 Å². The van der Waals surface area contributed by atoms with Gasteiger partial charge < -0.3 is 15.9 Å². The third kappa shape index (κ3) is 12.6. The van der Waals surface area contributed by atoms with Gasteiger partial charge in [-0.05, 0) is 12.8 Å². The molecule has 4 N–H and O–H groups in total. The van der Waals surface area contributed by atoms with Crippen molar-refractivity contribution in [2.45, 2.75) is 89.7 Å². The highest BCUT2D eigenvalue weighted by atomic mass is 16.3. The maximum absolute atomic E-state index is 9.51. The minimum atomic E-state index is -0.719. The predicted molar refractivity (Wildman–Crippen MR) is 86.7 cm³/mol. The van der Waals surface area contributed by atoms with Crippen LogP contribution in [0.4, 0.5) is 0 Å². The van der Waals surface area contributed by atoms with Gasteiger partial charge in [0.1, 0.15) is 0 Å². The predicted octanol–water partition coefficient (Wildman–Crippen LogP) is 3.53. The van der Waals surface area contributed by atoms with Gasteiger partial charge in [-0.3, -0.25) is 0 Å². The Balaban J connectivity index is 3.22. The molecule has 3 heteroatoms. The molecule has 0 amide bonds. The van der Waals surface area contributed by atoms with Gasteiger partial charge in [-0.15, -0.1) is 0 Å². The summed E-state index contributed by atoms with van der Waals surface area (Å²) in [6.07, 6.45) is 17.4. The monoisotopic (exact) mass is 285 g/mol. The molecule has 120 valence electrons. The summed E-state index contributed by atoms with van der Waals surface area (Å²) in [5.41, 5.74) is 5.50. The lowest BCUT2D eigenvalue weighted by Crippen LogP contribution is -2.36. The van der Waals surface area contributed by atoms with Crippen LogP contribution in [-0.4, -0.2) is 29.0 Å². The highest BCUT2D eigenvalue weighted by Crippen LogP contribution is 2.11. The lowest BCUT2D eigenvalue weighted by molar-refractivity contribution is 0.144. The van der Waals surface area contributed by atoms with Crippen LogP contribution < -0.4 is 5.73 Å². The minimum Gasteiger partial charge on any atom is -0.395 e. The third-order valence-electron chi connectivity index (χ3n) is 3.71. The fourth-order valence-electron chi connectivity index (χ4n) is 2.24. The summed E-state index contributed by atoms with van der Waals surface area (Å²) in [5, 5.41) is 18.3.